The third-order valence-corrected chi connectivity index (χ3v) is 1.96. The molecule has 68 valence electrons. The summed E-state index contributed by atoms with van der Waals surface area (Å²) in [6, 6.07) is 1.76. The van der Waals surface area contributed by atoms with E-state index in [2.05, 4.69) is 17.1 Å². The van der Waals surface area contributed by atoms with Crippen LogP contribution in [0.1, 0.15) is 24.5 Å². The number of rotatable bonds is 3. The lowest BCUT2D eigenvalue weighted by atomic mass is 10.3. The number of anilines is 1. The van der Waals surface area contributed by atoms with Gasteiger partial charge in [0.1, 0.15) is 0 Å². The van der Waals surface area contributed by atoms with Crippen molar-refractivity contribution in [1.82, 2.24) is 5.16 Å². The minimum Gasteiger partial charge on any atom is -0.338 e. The van der Waals surface area contributed by atoms with Gasteiger partial charge in [0.2, 0.25) is 11.8 Å². The van der Waals surface area contributed by atoms with Gasteiger partial charge in [0.25, 0.3) is 0 Å². The molecule has 0 aliphatic heterocycles. The Bertz CT molecular complexity index is 339. The quantitative estimate of drug-likeness (QED) is 0.716. The average Bonchev–Trinajstić information content (AvgIpc) is 2.88. The summed E-state index contributed by atoms with van der Waals surface area (Å²) in [5, 5.41) is 6.35. The van der Waals surface area contributed by atoms with Crippen LogP contribution in [0.2, 0.25) is 0 Å². The average molecular weight is 178 g/mol. The molecule has 0 unspecified atom stereocenters. The molecular weight excluding hydrogens is 168 g/mol. The molecule has 0 saturated heterocycles. The minimum absolute atomic E-state index is 0.279. The van der Waals surface area contributed by atoms with Crippen LogP contribution >= 0.6 is 0 Å². The van der Waals surface area contributed by atoms with Crippen LogP contribution in [0.15, 0.2) is 23.2 Å². The van der Waals surface area contributed by atoms with Crippen molar-refractivity contribution < 1.29 is 9.32 Å². The first-order chi connectivity index (χ1) is 6.29. The lowest BCUT2D eigenvalue weighted by molar-refractivity contribution is -0.112. The van der Waals surface area contributed by atoms with Gasteiger partial charge in [-0.3, -0.25) is 10.1 Å². The molecule has 4 nitrogen and oxygen atoms in total. The highest BCUT2D eigenvalue weighted by molar-refractivity contribution is 5.97. The molecule has 1 aliphatic carbocycles. The van der Waals surface area contributed by atoms with Crippen LogP contribution in [0, 0.1) is 0 Å². The second-order valence-corrected chi connectivity index (χ2v) is 3.08. The van der Waals surface area contributed by atoms with Gasteiger partial charge in [0.15, 0.2) is 0 Å². The zero-order valence-corrected chi connectivity index (χ0v) is 7.12. The minimum atomic E-state index is -0.279. The van der Waals surface area contributed by atoms with E-state index in [1.165, 1.54) is 18.9 Å². The smallest absolute Gasteiger partial charge is 0.250 e. The molecule has 1 saturated carbocycles. The predicted molar refractivity (Wildman–Crippen MR) is 47.3 cm³/mol. The molecular formula is C9H10N2O2. The maximum atomic E-state index is 10.9. The third-order valence-electron chi connectivity index (χ3n) is 1.96. The van der Waals surface area contributed by atoms with Crippen LogP contribution in [0.5, 0.6) is 0 Å². The highest BCUT2D eigenvalue weighted by Crippen LogP contribution is 2.39. The van der Waals surface area contributed by atoms with Crippen molar-refractivity contribution in [2.24, 2.45) is 0 Å². The highest BCUT2D eigenvalue weighted by atomic mass is 16.5. The summed E-state index contributed by atoms with van der Waals surface area (Å²) >= 11 is 0. The topological polar surface area (TPSA) is 55.1 Å². The van der Waals surface area contributed by atoms with Gasteiger partial charge < -0.3 is 4.52 Å². The van der Waals surface area contributed by atoms with E-state index in [9.17, 15) is 4.79 Å². The number of hydrogen-bond donors (Lipinski definition) is 1. The summed E-state index contributed by atoms with van der Waals surface area (Å²) in [6.07, 6.45) is 3.53. The van der Waals surface area contributed by atoms with Crippen LogP contribution in [-0.2, 0) is 4.79 Å². The van der Waals surface area contributed by atoms with Gasteiger partial charge >= 0.3 is 0 Å². The molecule has 0 spiro atoms. The van der Waals surface area contributed by atoms with E-state index in [0.717, 1.165) is 5.69 Å². The molecule has 0 atom stereocenters. The zero-order valence-electron chi connectivity index (χ0n) is 7.12. The van der Waals surface area contributed by atoms with Crippen LogP contribution in [0.3, 0.4) is 0 Å². The lowest BCUT2D eigenvalue weighted by Crippen LogP contribution is -2.05. The molecule has 1 aromatic rings. The Balaban J connectivity index is 2.04. The second-order valence-electron chi connectivity index (χ2n) is 3.08. The van der Waals surface area contributed by atoms with Gasteiger partial charge in [-0.2, -0.15) is 0 Å². The largest absolute Gasteiger partial charge is 0.338 e. The van der Waals surface area contributed by atoms with Gasteiger partial charge in [0, 0.05) is 12.0 Å². The predicted octanol–water partition coefficient (Wildman–Crippen LogP) is 1.68. The molecule has 1 aliphatic rings. The van der Waals surface area contributed by atoms with E-state index in [4.69, 9.17) is 4.52 Å². The van der Waals surface area contributed by atoms with Gasteiger partial charge in [0.05, 0.1) is 5.69 Å². The Kier molecular flexibility index (Phi) is 1.88. The number of carbonyl (C=O) groups excluding carboxylic acids is 1. The summed E-state index contributed by atoms with van der Waals surface area (Å²) in [5.74, 6) is 0.656. The Morgan fingerprint density at radius 1 is 1.77 bits per heavy atom. The fourth-order valence-corrected chi connectivity index (χ4v) is 1.09. The summed E-state index contributed by atoms with van der Waals surface area (Å²) in [7, 11) is 0. The van der Waals surface area contributed by atoms with Crippen LogP contribution in [0.25, 0.3) is 0 Å². The normalized spacial score (nSPS) is 15.4. The summed E-state index contributed by atoms with van der Waals surface area (Å²) in [4.78, 5) is 10.9. The van der Waals surface area contributed by atoms with Crippen molar-refractivity contribution in [3.8, 4) is 0 Å². The molecule has 0 aromatic carbocycles. The van der Waals surface area contributed by atoms with E-state index in [-0.39, 0.29) is 5.91 Å². The first-order valence-electron chi connectivity index (χ1n) is 4.19. The van der Waals surface area contributed by atoms with Crippen LogP contribution in [-0.4, -0.2) is 11.1 Å². The molecule has 13 heavy (non-hydrogen) atoms. The van der Waals surface area contributed by atoms with Crippen LogP contribution in [0.4, 0.5) is 5.88 Å². The number of carbonyl (C=O) groups is 1. The Morgan fingerprint density at radius 3 is 3.15 bits per heavy atom. The van der Waals surface area contributed by atoms with Crippen molar-refractivity contribution in [3.63, 3.8) is 0 Å². The Hall–Kier alpha value is -1.58. The van der Waals surface area contributed by atoms with Crippen LogP contribution < -0.4 is 5.32 Å². The molecule has 0 bridgehead atoms. The van der Waals surface area contributed by atoms with E-state index in [0.29, 0.717) is 11.8 Å². The molecule has 0 radical (unpaired) electrons. The van der Waals surface area contributed by atoms with Gasteiger partial charge in [-0.25, -0.2) is 0 Å². The highest BCUT2D eigenvalue weighted by Gasteiger charge is 2.27. The van der Waals surface area contributed by atoms with Gasteiger partial charge in [-0.1, -0.05) is 11.7 Å². The van der Waals surface area contributed by atoms with E-state index in [1.807, 2.05) is 0 Å². The maximum absolute atomic E-state index is 10.9. The lowest BCUT2D eigenvalue weighted by Gasteiger charge is -1.91. The van der Waals surface area contributed by atoms with Crippen molar-refractivity contribution in [1.29, 1.82) is 0 Å². The number of amides is 1. The third kappa shape index (κ3) is 1.77. The second kappa shape index (κ2) is 3.05. The van der Waals surface area contributed by atoms with Crippen molar-refractivity contribution in [2.75, 3.05) is 5.32 Å². The fraction of sp³-hybridized carbons (Fsp3) is 0.333. The van der Waals surface area contributed by atoms with Crippen molar-refractivity contribution in [2.45, 2.75) is 18.8 Å². The monoisotopic (exact) mass is 178 g/mol. The standard InChI is InChI=1S/C9H10N2O2/c1-2-8(12)10-9-5-7(11-13-9)6-3-4-6/h2,5-6H,1,3-4H2,(H,10,12). The molecule has 1 heterocycles. The fourth-order valence-electron chi connectivity index (χ4n) is 1.09. The van der Waals surface area contributed by atoms with Crippen molar-refractivity contribution in [3.05, 3.63) is 24.4 Å². The number of aromatic nitrogens is 1. The number of nitrogens with zero attached hydrogens (tertiary/aromatic N) is 1. The van der Waals surface area contributed by atoms with Gasteiger partial charge in [-0.15, -0.1) is 0 Å². The Labute approximate surface area is 75.6 Å². The molecule has 1 aromatic heterocycles. The molecule has 4 heteroatoms. The van der Waals surface area contributed by atoms with E-state index >= 15 is 0 Å². The summed E-state index contributed by atoms with van der Waals surface area (Å²) < 4.78 is 4.91. The number of hydrogen-bond acceptors (Lipinski definition) is 3. The van der Waals surface area contributed by atoms with E-state index in [1.54, 1.807) is 6.07 Å². The first kappa shape index (κ1) is 8.04. The van der Waals surface area contributed by atoms with E-state index < -0.39 is 0 Å². The summed E-state index contributed by atoms with van der Waals surface area (Å²) in [6.45, 7) is 3.34. The molecule has 1 amide bonds. The van der Waals surface area contributed by atoms with Gasteiger partial charge in [-0.05, 0) is 18.9 Å². The first-order valence-corrected chi connectivity index (χ1v) is 4.19. The molecule has 1 N–H and O–H groups in total. The number of nitrogens with one attached hydrogen (secondary N) is 1. The molecule has 1 fully saturated rings. The van der Waals surface area contributed by atoms with Crippen molar-refractivity contribution >= 4 is 11.8 Å². The SMILES string of the molecule is C=CC(=O)Nc1cc(C2CC2)no1. The Morgan fingerprint density at radius 2 is 2.54 bits per heavy atom. The molecule has 2 rings (SSSR count). The zero-order chi connectivity index (χ0) is 9.26. The maximum Gasteiger partial charge on any atom is 0.250 e. The summed E-state index contributed by atoms with van der Waals surface area (Å²) in [5.41, 5.74) is 0.930.